The Balaban J connectivity index is 2.29. The lowest BCUT2D eigenvalue weighted by atomic mass is 10.2. The summed E-state index contributed by atoms with van der Waals surface area (Å²) < 4.78 is 2.05. The van der Waals surface area contributed by atoms with E-state index in [1.54, 1.807) is 0 Å². The molecule has 1 heterocycles. The first kappa shape index (κ1) is 14.7. The molecule has 0 aliphatic rings. The van der Waals surface area contributed by atoms with Crippen molar-refractivity contribution in [3.8, 4) is 0 Å². The van der Waals surface area contributed by atoms with Crippen molar-refractivity contribution in [2.24, 2.45) is 0 Å². The van der Waals surface area contributed by atoms with E-state index in [1.165, 1.54) is 6.92 Å². The molecule has 1 amide bonds. The Bertz CT molecular complexity index is 358. The van der Waals surface area contributed by atoms with Crippen molar-refractivity contribution in [1.82, 2.24) is 20.4 Å². The van der Waals surface area contributed by atoms with Crippen molar-refractivity contribution in [1.29, 1.82) is 0 Å². The van der Waals surface area contributed by atoms with Crippen LogP contribution in [0.2, 0.25) is 0 Å². The van der Waals surface area contributed by atoms with Crippen molar-refractivity contribution in [2.45, 2.75) is 46.2 Å². The summed E-state index contributed by atoms with van der Waals surface area (Å²) in [6, 6.07) is 2.54. The van der Waals surface area contributed by atoms with E-state index in [9.17, 15) is 4.79 Å². The van der Waals surface area contributed by atoms with Crippen molar-refractivity contribution in [3.63, 3.8) is 0 Å². The van der Waals surface area contributed by atoms with Gasteiger partial charge in [-0.3, -0.25) is 9.48 Å². The topological polar surface area (TPSA) is 59.0 Å². The van der Waals surface area contributed by atoms with Crippen molar-refractivity contribution in [2.75, 3.05) is 13.1 Å². The lowest BCUT2D eigenvalue weighted by Gasteiger charge is -2.12. The fourth-order valence-electron chi connectivity index (χ4n) is 1.88. The molecule has 1 rings (SSSR count). The third-order valence-corrected chi connectivity index (χ3v) is 2.96. The maximum atomic E-state index is 10.7. The van der Waals surface area contributed by atoms with Crippen molar-refractivity contribution < 1.29 is 4.79 Å². The van der Waals surface area contributed by atoms with E-state index in [4.69, 9.17) is 0 Å². The summed E-state index contributed by atoms with van der Waals surface area (Å²) in [6.07, 6.45) is 4.25. The molecule has 0 saturated heterocycles. The van der Waals surface area contributed by atoms with Crippen LogP contribution in [0.4, 0.5) is 0 Å². The van der Waals surface area contributed by atoms with Gasteiger partial charge in [0, 0.05) is 32.8 Å². The Hall–Kier alpha value is -1.36. The predicted molar refractivity (Wildman–Crippen MR) is 72.2 cm³/mol. The van der Waals surface area contributed by atoms with Crippen LogP contribution in [0.15, 0.2) is 12.3 Å². The minimum atomic E-state index is 0.00908. The van der Waals surface area contributed by atoms with Gasteiger partial charge in [0.2, 0.25) is 5.91 Å². The monoisotopic (exact) mass is 252 g/mol. The maximum Gasteiger partial charge on any atom is 0.216 e. The summed E-state index contributed by atoms with van der Waals surface area (Å²) in [5.74, 6) is 0.00908. The van der Waals surface area contributed by atoms with Gasteiger partial charge in [0.05, 0.1) is 11.7 Å². The first-order chi connectivity index (χ1) is 8.67. The highest BCUT2D eigenvalue weighted by atomic mass is 16.1. The minimum Gasteiger partial charge on any atom is -0.355 e. The molecule has 0 aliphatic heterocycles. The van der Waals surface area contributed by atoms with E-state index in [0.29, 0.717) is 12.6 Å². The molecule has 5 nitrogen and oxygen atoms in total. The Labute approximate surface area is 109 Å². The van der Waals surface area contributed by atoms with E-state index in [1.807, 2.05) is 16.9 Å². The molecule has 18 heavy (non-hydrogen) atoms. The molecule has 0 fully saturated rings. The second-order valence-electron chi connectivity index (χ2n) is 4.42. The average Bonchev–Trinajstić information content (AvgIpc) is 2.79. The van der Waals surface area contributed by atoms with E-state index in [-0.39, 0.29) is 5.91 Å². The number of aromatic nitrogens is 2. The number of carbonyl (C=O) groups is 1. The number of rotatable bonds is 8. The Morgan fingerprint density at radius 3 is 2.72 bits per heavy atom. The standard InChI is InChI=1S/C13H24N4O/c1-4-13(5-2)17-9-6-12(16-17)10-14-7-8-15-11(3)18/h6,9,13-14H,4-5,7-8,10H2,1-3H3,(H,15,18). The Morgan fingerprint density at radius 1 is 1.39 bits per heavy atom. The zero-order chi connectivity index (χ0) is 13.4. The molecule has 0 spiro atoms. The van der Waals surface area contributed by atoms with Crippen LogP contribution in [0.1, 0.15) is 45.3 Å². The second-order valence-corrected chi connectivity index (χ2v) is 4.42. The molecular weight excluding hydrogens is 228 g/mol. The third kappa shape index (κ3) is 4.87. The lowest BCUT2D eigenvalue weighted by Crippen LogP contribution is -2.30. The van der Waals surface area contributed by atoms with Crippen LogP contribution >= 0.6 is 0 Å². The number of carbonyl (C=O) groups excluding carboxylic acids is 1. The first-order valence-corrected chi connectivity index (χ1v) is 6.66. The summed E-state index contributed by atoms with van der Waals surface area (Å²) in [5.41, 5.74) is 1.05. The van der Waals surface area contributed by atoms with Gasteiger partial charge in [-0.2, -0.15) is 5.10 Å². The van der Waals surface area contributed by atoms with Gasteiger partial charge in [-0.05, 0) is 18.9 Å². The van der Waals surface area contributed by atoms with Crippen LogP contribution in [0, 0.1) is 0 Å². The normalized spacial score (nSPS) is 10.9. The summed E-state index contributed by atoms with van der Waals surface area (Å²) in [5, 5.41) is 10.6. The molecule has 0 aliphatic carbocycles. The van der Waals surface area contributed by atoms with Gasteiger partial charge in [-0.1, -0.05) is 13.8 Å². The van der Waals surface area contributed by atoms with Gasteiger partial charge < -0.3 is 10.6 Å². The number of nitrogens with zero attached hydrogens (tertiary/aromatic N) is 2. The number of amides is 1. The number of nitrogens with one attached hydrogen (secondary N) is 2. The Kier molecular flexibility index (Phi) is 6.43. The summed E-state index contributed by atoms with van der Waals surface area (Å²) in [6.45, 7) is 8.05. The predicted octanol–water partition coefficient (Wildman–Crippen LogP) is 1.47. The van der Waals surface area contributed by atoms with Crippen LogP contribution in [-0.4, -0.2) is 28.8 Å². The van der Waals surface area contributed by atoms with Gasteiger partial charge in [-0.25, -0.2) is 0 Å². The molecule has 1 aromatic rings. The molecule has 0 aromatic carbocycles. The van der Waals surface area contributed by atoms with Gasteiger partial charge in [0.1, 0.15) is 0 Å². The van der Waals surface area contributed by atoms with Gasteiger partial charge in [0.25, 0.3) is 0 Å². The number of hydrogen-bond donors (Lipinski definition) is 2. The zero-order valence-corrected chi connectivity index (χ0v) is 11.6. The second kappa shape index (κ2) is 7.87. The smallest absolute Gasteiger partial charge is 0.216 e. The highest BCUT2D eigenvalue weighted by molar-refractivity contribution is 5.72. The first-order valence-electron chi connectivity index (χ1n) is 6.66. The molecule has 0 bridgehead atoms. The summed E-state index contributed by atoms with van der Waals surface area (Å²) in [7, 11) is 0. The zero-order valence-electron chi connectivity index (χ0n) is 11.6. The largest absolute Gasteiger partial charge is 0.355 e. The molecule has 1 aromatic heterocycles. The number of hydrogen-bond acceptors (Lipinski definition) is 3. The fraction of sp³-hybridized carbons (Fsp3) is 0.692. The average molecular weight is 252 g/mol. The van der Waals surface area contributed by atoms with Crippen LogP contribution in [0.25, 0.3) is 0 Å². The molecule has 0 saturated carbocycles. The third-order valence-electron chi connectivity index (χ3n) is 2.96. The quantitative estimate of drug-likeness (QED) is 0.689. The molecule has 5 heteroatoms. The van der Waals surface area contributed by atoms with Crippen LogP contribution in [0.3, 0.4) is 0 Å². The summed E-state index contributed by atoms with van der Waals surface area (Å²) in [4.78, 5) is 10.7. The molecule has 0 atom stereocenters. The highest BCUT2D eigenvalue weighted by Gasteiger charge is 2.07. The summed E-state index contributed by atoms with van der Waals surface area (Å²) >= 11 is 0. The molecule has 2 N–H and O–H groups in total. The maximum absolute atomic E-state index is 10.7. The van der Waals surface area contributed by atoms with Gasteiger partial charge in [-0.15, -0.1) is 0 Å². The highest BCUT2D eigenvalue weighted by Crippen LogP contribution is 2.14. The van der Waals surface area contributed by atoms with Crippen LogP contribution in [-0.2, 0) is 11.3 Å². The van der Waals surface area contributed by atoms with E-state index in [2.05, 4.69) is 29.6 Å². The molecule has 102 valence electrons. The molecular formula is C13H24N4O. The fourth-order valence-corrected chi connectivity index (χ4v) is 1.88. The van der Waals surface area contributed by atoms with E-state index in [0.717, 1.165) is 31.6 Å². The van der Waals surface area contributed by atoms with Gasteiger partial charge >= 0.3 is 0 Å². The van der Waals surface area contributed by atoms with Crippen LogP contribution < -0.4 is 10.6 Å². The molecule has 0 unspecified atom stereocenters. The van der Waals surface area contributed by atoms with E-state index >= 15 is 0 Å². The van der Waals surface area contributed by atoms with Crippen LogP contribution in [0.5, 0.6) is 0 Å². The Morgan fingerprint density at radius 2 is 2.11 bits per heavy atom. The van der Waals surface area contributed by atoms with Crippen molar-refractivity contribution in [3.05, 3.63) is 18.0 Å². The SMILES string of the molecule is CCC(CC)n1ccc(CNCCNC(C)=O)n1. The van der Waals surface area contributed by atoms with E-state index < -0.39 is 0 Å². The molecule has 0 radical (unpaired) electrons. The lowest BCUT2D eigenvalue weighted by molar-refractivity contribution is -0.118. The van der Waals surface area contributed by atoms with Crippen molar-refractivity contribution >= 4 is 5.91 Å². The van der Waals surface area contributed by atoms with Gasteiger partial charge in [0.15, 0.2) is 0 Å². The minimum absolute atomic E-state index is 0.00908.